The molecule has 1 aromatic carbocycles. The fourth-order valence-corrected chi connectivity index (χ4v) is 2.39. The second-order valence-electron chi connectivity index (χ2n) is 4.79. The maximum atomic E-state index is 13.1. The van der Waals surface area contributed by atoms with Gasteiger partial charge in [0.05, 0.1) is 6.54 Å². The average molecular weight is 255 g/mol. The minimum atomic E-state index is -2.53. The highest BCUT2D eigenvalue weighted by Crippen LogP contribution is 2.32. The van der Waals surface area contributed by atoms with Crippen LogP contribution in [-0.2, 0) is 6.54 Å². The fourth-order valence-electron chi connectivity index (χ4n) is 2.39. The summed E-state index contributed by atoms with van der Waals surface area (Å²) in [4.78, 5) is 1.77. The van der Waals surface area contributed by atoms with Gasteiger partial charge in [-0.25, -0.2) is 8.78 Å². The maximum absolute atomic E-state index is 13.1. The number of halogens is 2. The zero-order chi connectivity index (χ0) is 12.6. The van der Waals surface area contributed by atoms with Crippen LogP contribution in [0, 0.1) is 0 Å². The highest BCUT2D eigenvalue weighted by molar-refractivity contribution is 5.43. The summed E-state index contributed by atoms with van der Waals surface area (Å²) in [6, 6.07) is 5.63. The summed E-state index contributed by atoms with van der Waals surface area (Å²) in [5.74, 6) is -1.09. The van der Waals surface area contributed by atoms with E-state index in [0.717, 1.165) is 11.3 Å². The van der Waals surface area contributed by atoms with Crippen LogP contribution >= 0.6 is 0 Å². The normalized spacial score (nSPS) is 22.1. The minimum absolute atomic E-state index is 0.0441. The summed E-state index contributed by atoms with van der Waals surface area (Å²) in [5, 5.41) is 0. The first-order chi connectivity index (χ1) is 8.62. The number of benzene rings is 1. The van der Waals surface area contributed by atoms with Crippen LogP contribution in [0.5, 0.6) is 11.5 Å². The highest BCUT2D eigenvalue weighted by Gasteiger charge is 2.37. The lowest BCUT2D eigenvalue weighted by Crippen LogP contribution is -2.25. The lowest BCUT2D eigenvalue weighted by molar-refractivity contribution is 0.0115. The number of nitrogens with zero attached hydrogens (tertiary/aromatic N) is 1. The number of rotatable bonds is 2. The molecule has 2 aliphatic heterocycles. The number of likely N-dealkylation sites (tertiary alicyclic amines) is 1. The van der Waals surface area contributed by atoms with Gasteiger partial charge in [0.15, 0.2) is 11.5 Å². The van der Waals surface area contributed by atoms with Gasteiger partial charge in [0, 0.05) is 19.5 Å². The number of ether oxygens (including phenoxy) is 2. The molecule has 2 heterocycles. The smallest absolute Gasteiger partial charge is 0.261 e. The van der Waals surface area contributed by atoms with Crippen LogP contribution in [0.1, 0.15) is 12.0 Å². The monoisotopic (exact) mass is 255 g/mol. The Bertz CT molecular complexity index is 451. The van der Waals surface area contributed by atoms with Crippen molar-refractivity contribution in [3.63, 3.8) is 0 Å². The van der Waals surface area contributed by atoms with Gasteiger partial charge in [0.1, 0.15) is 13.2 Å². The molecule has 98 valence electrons. The molecule has 0 saturated carbocycles. The Morgan fingerprint density at radius 3 is 2.67 bits per heavy atom. The van der Waals surface area contributed by atoms with Gasteiger partial charge >= 0.3 is 0 Å². The van der Waals surface area contributed by atoms with E-state index in [2.05, 4.69) is 0 Å². The molecule has 5 heteroatoms. The second-order valence-corrected chi connectivity index (χ2v) is 4.79. The SMILES string of the molecule is FC1(F)CCN(Cc2ccc3c(c2)OCCO3)C1. The molecule has 3 nitrogen and oxygen atoms in total. The van der Waals surface area contributed by atoms with Gasteiger partial charge in [-0.15, -0.1) is 0 Å². The van der Waals surface area contributed by atoms with Crippen LogP contribution in [0.15, 0.2) is 18.2 Å². The van der Waals surface area contributed by atoms with E-state index in [1.54, 1.807) is 4.90 Å². The van der Waals surface area contributed by atoms with E-state index in [9.17, 15) is 8.78 Å². The topological polar surface area (TPSA) is 21.7 Å². The van der Waals surface area contributed by atoms with Crippen molar-refractivity contribution in [1.29, 1.82) is 0 Å². The quantitative estimate of drug-likeness (QED) is 0.809. The lowest BCUT2D eigenvalue weighted by Gasteiger charge is -2.20. The molecule has 0 amide bonds. The van der Waals surface area contributed by atoms with Crippen LogP contribution in [0.4, 0.5) is 8.78 Å². The van der Waals surface area contributed by atoms with Crippen molar-refractivity contribution in [1.82, 2.24) is 4.90 Å². The molecule has 0 aliphatic carbocycles. The van der Waals surface area contributed by atoms with Crippen LogP contribution in [-0.4, -0.2) is 37.1 Å². The van der Waals surface area contributed by atoms with Crippen LogP contribution in [0.25, 0.3) is 0 Å². The fraction of sp³-hybridized carbons (Fsp3) is 0.538. The van der Waals surface area contributed by atoms with Gasteiger partial charge in [0.25, 0.3) is 5.92 Å². The molecular formula is C13H15F2NO2. The lowest BCUT2D eigenvalue weighted by atomic mass is 10.2. The van der Waals surface area contributed by atoms with Crippen LogP contribution < -0.4 is 9.47 Å². The molecule has 3 rings (SSSR count). The molecule has 0 bridgehead atoms. The zero-order valence-electron chi connectivity index (χ0n) is 9.99. The highest BCUT2D eigenvalue weighted by atomic mass is 19.3. The predicted octanol–water partition coefficient (Wildman–Crippen LogP) is 2.30. The molecular weight excluding hydrogens is 240 g/mol. The zero-order valence-corrected chi connectivity index (χ0v) is 9.99. The Kier molecular flexibility index (Phi) is 2.86. The summed E-state index contributed by atoms with van der Waals surface area (Å²) in [7, 11) is 0. The van der Waals surface area contributed by atoms with Crippen molar-refractivity contribution in [2.45, 2.75) is 18.9 Å². The van der Waals surface area contributed by atoms with Gasteiger partial charge in [-0.05, 0) is 17.7 Å². The summed E-state index contributed by atoms with van der Waals surface area (Å²) in [6.07, 6.45) is -0.0441. The maximum Gasteiger partial charge on any atom is 0.261 e. The van der Waals surface area contributed by atoms with Crippen molar-refractivity contribution >= 4 is 0 Å². The van der Waals surface area contributed by atoms with Crippen molar-refractivity contribution in [3.05, 3.63) is 23.8 Å². The third-order valence-corrected chi connectivity index (χ3v) is 3.26. The second kappa shape index (κ2) is 4.39. The van der Waals surface area contributed by atoms with E-state index < -0.39 is 5.92 Å². The summed E-state index contributed by atoms with van der Waals surface area (Å²) >= 11 is 0. The average Bonchev–Trinajstić information content (AvgIpc) is 2.68. The third-order valence-electron chi connectivity index (χ3n) is 3.26. The standard InChI is InChI=1S/C13H15F2NO2/c14-13(15)3-4-16(9-13)8-10-1-2-11-12(7-10)18-6-5-17-11/h1-2,7H,3-6,8-9H2. The number of hydrogen-bond donors (Lipinski definition) is 0. The van der Waals surface area contributed by atoms with E-state index >= 15 is 0 Å². The largest absolute Gasteiger partial charge is 0.486 e. The van der Waals surface area contributed by atoms with Gasteiger partial charge in [-0.3, -0.25) is 4.90 Å². The van der Waals surface area contributed by atoms with E-state index in [4.69, 9.17) is 9.47 Å². The van der Waals surface area contributed by atoms with Gasteiger partial charge in [0.2, 0.25) is 0 Å². The molecule has 1 saturated heterocycles. The predicted molar refractivity (Wildman–Crippen MR) is 62.3 cm³/mol. The third kappa shape index (κ3) is 2.41. The van der Waals surface area contributed by atoms with Crippen molar-refractivity contribution in [2.75, 3.05) is 26.3 Å². The molecule has 0 aromatic heterocycles. The summed E-state index contributed by atoms with van der Waals surface area (Å²) in [5.41, 5.74) is 0.983. The number of hydrogen-bond acceptors (Lipinski definition) is 3. The van der Waals surface area contributed by atoms with E-state index in [-0.39, 0.29) is 13.0 Å². The van der Waals surface area contributed by atoms with Gasteiger partial charge in [-0.1, -0.05) is 6.07 Å². The Morgan fingerprint density at radius 1 is 1.17 bits per heavy atom. The summed E-state index contributed by atoms with van der Waals surface area (Å²) in [6.45, 7) is 1.93. The Hall–Kier alpha value is -1.36. The Morgan fingerprint density at radius 2 is 1.94 bits per heavy atom. The number of alkyl halides is 2. The van der Waals surface area contributed by atoms with Gasteiger partial charge in [-0.2, -0.15) is 0 Å². The Balaban J connectivity index is 1.70. The molecule has 0 spiro atoms. The molecule has 1 aromatic rings. The van der Waals surface area contributed by atoms with Crippen LogP contribution in [0.3, 0.4) is 0 Å². The number of fused-ring (bicyclic) bond motifs is 1. The molecule has 18 heavy (non-hydrogen) atoms. The van der Waals surface area contributed by atoms with E-state index in [1.807, 2.05) is 18.2 Å². The minimum Gasteiger partial charge on any atom is -0.486 e. The molecule has 0 unspecified atom stereocenters. The van der Waals surface area contributed by atoms with Crippen molar-refractivity contribution in [3.8, 4) is 11.5 Å². The molecule has 0 atom stereocenters. The van der Waals surface area contributed by atoms with Gasteiger partial charge < -0.3 is 9.47 Å². The first-order valence-electron chi connectivity index (χ1n) is 6.11. The van der Waals surface area contributed by atoms with Crippen molar-refractivity contribution in [2.24, 2.45) is 0 Å². The molecule has 2 aliphatic rings. The Labute approximate surface area is 104 Å². The molecule has 1 fully saturated rings. The molecule has 0 N–H and O–H groups in total. The van der Waals surface area contributed by atoms with Crippen LogP contribution in [0.2, 0.25) is 0 Å². The summed E-state index contributed by atoms with van der Waals surface area (Å²) < 4.78 is 37.1. The van der Waals surface area contributed by atoms with E-state index in [0.29, 0.717) is 32.1 Å². The van der Waals surface area contributed by atoms with E-state index in [1.165, 1.54) is 0 Å². The first-order valence-corrected chi connectivity index (χ1v) is 6.11. The first kappa shape index (κ1) is 11.7. The molecule has 0 radical (unpaired) electrons. The van der Waals surface area contributed by atoms with Crippen molar-refractivity contribution < 1.29 is 18.3 Å².